The van der Waals surface area contributed by atoms with Crippen LogP contribution in [0.2, 0.25) is 0 Å². The van der Waals surface area contributed by atoms with Crippen LogP contribution in [0.15, 0.2) is 49.1 Å². The molecule has 178 valence electrons. The van der Waals surface area contributed by atoms with Crippen molar-refractivity contribution in [3.63, 3.8) is 0 Å². The minimum atomic E-state index is -0.967. The largest absolute Gasteiger partial charge is 0.478 e. The summed E-state index contributed by atoms with van der Waals surface area (Å²) in [6, 6.07) is 12.6. The minimum absolute atomic E-state index is 0.0274. The number of esters is 1. The maximum atomic E-state index is 12.9. The standard InChI is InChI=1S/C25H27N3O5S/c1-3-11-33-25(32)19(14-26)8-10-22-28(4-2)23(29)21(34-22)15-27-20-9-7-16-12-18(24(30)31)6-5-17(16)13-20/h3,5-7,9,12-13,19,21-22,27H,1,4,8,10-11,15H2,2H3,(H,30,31). The Morgan fingerprint density at radius 1 is 1.32 bits per heavy atom. The number of nitrogens with one attached hydrogen (secondary N) is 1. The molecule has 2 aromatic carbocycles. The lowest BCUT2D eigenvalue weighted by molar-refractivity contribution is -0.145. The van der Waals surface area contributed by atoms with Crippen LogP contribution in [0, 0.1) is 17.2 Å². The van der Waals surface area contributed by atoms with Crippen molar-refractivity contribution in [2.45, 2.75) is 30.4 Å². The zero-order chi connectivity index (χ0) is 24.7. The fraction of sp³-hybridized carbons (Fsp3) is 0.360. The summed E-state index contributed by atoms with van der Waals surface area (Å²) in [5.74, 6) is -2.37. The van der Waals surface area contributed by atoms with Gasteiger partial charge in [-0.05, 0) is 54.8 Å². The minimum Gasteiger partial charge on any atom is -0.478 e. The first kappa shape index (κ1) is 25.1. The third kappa shape index (κ3) is 5.88. The first-order valence-corrected chi connectivity index (χ1v) is 12.0. The van der Waals surface area contributed by atoms with Gasteiger partial charge in [-0.2, -0.15) is 5.26 Å². The quantitative estimate of drug-likeness (QED) is 0.366. The van der Waals surface area contributed by atoms with Gasteiger partial charge in [0.1, 0.15) is 17.8 Å². The van der Waals surface area contributed by atoms with Crippen LogP contribution in [0.3, 0.4) is 0 Å². The summed E-state index contributed by atoms with van der Waals surface area (Å²) in [5.41, 5.74) is 1.07. The van der Waals surface area contributed by atoms with E-state index in [1.54, 1.807) is 23.1 Å². The van der Waals surface area contributed by atoms with Crippen molar-refractivity contribution >= 4 is 46.1 Å². The number of carbonyl (C=O) groups excluding carboxylic acids is 2. The first-order chi connectivity index (χ1) is 16.4. The molecule has 0 spiro atoms. The van der Waals surface area contributed by atoms with E-state index in [1.165, 1.54) is 17.8 Å². The van der Waals surface area contributed by atoms with E-state index < -0.39 is 17.9 Å². The van der Waals surface area contributed by atoms with Crippen LogP contribution in [0.25, 0.3) is 10.8 Å². The first-order valence-electron chi connectivity index (χ1n) is 11.0. The number of nitriles is 1. The highest BCUT2D eigenvalue weighted by Gasteiger charge is 2.39. The fourth-order valence-electron chi connectivity index (χ4n) is 3.85. The van der Waals surface area contributed by atoms with E-state index in [4.69, 9.17) is 9.84 Å². The average Bonchev–Trinajstić information content (AvgIpc) is 3.15. The van der Waals surface area contributed by atoms with Gasteiger partial charge < -0.3 is 20.1 Å². The molecule has 9 heteroatoms. The lowest BCUT2D eigenvalue weighted by Crippen LogP contribution is -2.36. The maximum Gasteiger partial charge on any atom is 0.335 e. The molecule has 1 saturated heterocycles. The average molecular weight is 482 g/mol. The molecule has 34 heavy (non-hydrogen) atoms. The lowest BCUT2D eigenvalue weighted by atomic mass is 10.0. The van der Waals surface area contributed by atoms with Gasteiger partial charge in [0, 0.05) is 18.8 Å². The van der Waals surface area contributed by atoms with E-state index in [0.29, 0.717) is 25.9 Å². The number of carboxylic acids is 1. The number of carboxylic acid groups (broad SMARTS) is 1. The Labute approximate surface area is 202 Å². The van der Waals surface area contributed by atoms with E-state index in [2.05, 4.69) is 11.9 Å². The highest BCUT2D eigenvalue weighted by atomic mass is 32.2. The van der Waals surface area contributed by atoms with Crippen molar-refractivity contribution in [3.8, 4) is 6.07 Å². The SMILES string of the molecule is C=CCOC(=O)C(C#N)CCC1SC(CNc2ccc3cc(C(=O)O)ccc3c2)C(=O)N1CC. The van der Waals surface area contributed by atoms with Crippen LogP contribution < -0.4 is 5.32 Å². The predicted octanol–water partition coefficient (Wildman–Crippen LogP) is 3.89. The van der Waals surface area contributed by atoms with E-state index in [0.717, 1.165) is 16.5 Å². The van der Waals surface area contributed by atoms with Crippen molar-refractivity contribution in [1.29, 1.82) is 5.26 Å². The van der Waals surface area contributed by atoms with E-state index >= 15 is 0 Å². The van der Waals surface area contributed by atoms with Gasteiger partial charge in [-0.1, -0.05) is 24.8 Å². The molecule has 3 unspecified atom stereocenters. The Hall–Kier alpha value is -3.51. The number of anilines is 1. The topological polar surface area (TPSA) is 120 Å². The number of nitrogens with zero attached hydrogens (tertiary/aromatic N) is 2. The summed E-state index contributed by atoms with van der Waals surface area (Å²) in [6.07, 6.45) is 2.29. The molecule has 8 nitrogen and oxygen atoms in total. The summed E-state index contributed by atoms with van der Waals surface area (Å²) in [4.78, 5) is 37.9. The smallest absolute Gasteiger partial charge is 0.335 e. The molecule has 1 heterocycles. The molecule has 3 atom stereocenters. The van der Waals surface area contributed by atoms with Gasteiger partial charge >= 0.3 is 11.9 Å². The Balaban J connectivity index is 1.60. The number of fused-ring (bicyclic) bond motifs is 1. The number of carbonyl (C=O) groups is 3. The van der Waals surface area contributed by atoms with Crippen molar-refractivity contribution in [3.05, 3.63) is 54.6 Å². The zero-order valence-corrected chi connectivity index (χ0v) is 19.7. The van der Waals surface area contributed by atoms with Gasteiger partial charge in [0.2, 0.25) is 5.91 Å². The molecular formula is C25H27N3O5S. The van der Waals surface area contributed by atoms with Crippen LogP contribution in [-0.4, -0.2) is 58.2 Å². The van der Waals surface area contributed by atoms with Gasteiger partial charge in [0.05, 0.1) is 17.0 Å². The van der Waals surface area contributed by atoms with Crippen LogP contribution >= 0.6 is 11.8 Å². The molecule has 0 aliphatic carbocycles. The van der Waals surface area contributed by atoms with Crippen LogP contribution in [-0.2, 0) is 14.3 Å². The Morgan fingerprint density at radius 3 is 2.74 bits per heavy atom. The summed E-state index contributed by atoms with van der Waals surface area (Å²) in [6.45, 7) is 6.45. The molecule has 0 radical (unpaired) electrons. The number of rotatable bonds is 11. The van der Waals surface area contributed by atoms with Crippen molar-refractivity contribution in [2.75, 3.05) is 25.0 Å². The maximum absolute atomic E-state index is 12.9. The third-order valence-corrected chi connectivity index (χ3v) is 7.13. The number of benzene rings is 2. The molecule has 0 aromatic heterocycles. The third-order valence-electron chi connectivity index (χ3n) is 5.63. The molecule has 1 amide bonds. The van der Waals surface area contributed by atoms with Crippen molar-refractivity contribution < 1.29 is 24.2 Å². The van der Waals surface area contributed by atoms with Crippen LogP contribution in [0.5, 0.6) is 0 Å². The summed E-state index contributed by atoms with van der Waals surface area (Å²) in [7, 11) is 0. The van der Waals surface area contributed by atoms with Gasteiger partial charge in [0.25, 0.3) is 0 Å². The number of hydrogen-bond donors (Lipinski definition) is 2. The summed E-state index contributed by atoms with van der Waals surface area (Å²) in [5, 5.41) is 23.1. The molecule has 1 fully saturated rings. The van der Waals surface area contributed by atoms with Crippen LogP contribution in [0.4, 0.5) is 5.69 Å². The molecule has 1 aliphatic heterocycles. The highest BCUT2D eigenvalue weighted by Crippen LogP contribution is 2.35. The molecule has 0 bridgehead atoms. The fourth-order valence-corrected chi connectivity index (χ4v) is 5.33. The van der Waals surface area contributed by atoms with Crippen molar-refractivity contribution in [2.24, 2.45) is 5.92 Å². The predicted molar refractivity (Wildman–Crippen MR) is 131 cm³/mol. The Morgan fingerprint density at radius 2 is 2.06 bits per heavy atom. The number of amides is 1. The normalized spacial score (nSPS) is 18.4. The zero-order valence-electron chi connectivity index (χ0n) is 18.9. The highest BCUT2D eigenvalue weighted by molar-refractivity contribution is 8.01. The number of aromatic carboxylic acids is 1. The van der Waals surface area contributed by atoms with Crippen molar-refractivity contribution in [1.82, 2.24) is 4.90 Å². The summed E-state index contributed by atoms with van der Waals surface area (Å²) < 4.78 is 4.99. The molecule has 1 aliphatic rings. The lowest BCUT2D eigenvalue weighted by Gasteiger charge is -2.22. The molecule has 2 aromatic rings. The number of thioether (sulfide) groups is 1. The second-order valence-electron chi connectivity index (χ2n) is 7.84. The molecular weight excluding hydrogens is 454 g/mol. The van der Waals surface area contributed by atoms with Gasteiger partial charge in [0.15, 0.2) is 0 Å². The second-order valence-corrected chi connectivity index (χ2v) is 9.23. The second kappa shape index (κ2) is 11.6. The Bertz CT molecular complexity index is 1130. The number of ether oxygens (including phenoxy) is 1. The van der Waals surface area contributed by atoms with Gasteiger partial charge in [-0.25, -0.2) is 4.79 Å². The molecule has 2 N–H and O–H groups in total. The van der Waals surface area contributed by atoms with Crippen LogP contribution in [0.1, 0.15) is 30.1 Å². The summed E-state index contributed by atoms with van der Waals surface area (Å²) >= 11 is 1.53. The van der Waals surface area contributed by atoms with Gasteiger partial charge in [-0.15, -0.1) is 11.8 Å². The molecule has 0 saturated carbocycles. The van der Waals surface area contributed by atoms with Gasteiger partial charge in [-0.3, -0.25) is 9.59 Å². The number of hydrogen-bond acceptors (Lipinski definition) is 7. The van der Waals surface area contributed by atoms with E-state index in [9.17, 15) is 19.6 Å². The Kier molecular flexibility index (Phi) is 8.55. The monoisotopic (exact) mass is 481 g/mol. The molecule has 3 rings (SSSR count). The van der Waals surface area contributed by atoms with E-state index in [1.807, 2.05) is 31.2 Å². The van der Waals surface area contributed by atoms with E-state index in [-0.39, 0.29) is 28.7 Å².